The third kappa shape index (κ3) is 3.68. The Morgan fingerprint density at radius 3 is 2.63 bits per heavy atom. The molecular weight excluding hydrogens is 274 g/mol. The van der Waals surface area contributed by atoms with Crippen LogP contribution in [0.15, 0.2) is 53.4 Å². The summed E-state index contributed by atoms with van der Waals surface area (Å²) in [5, 5.41) is 4.40. The molecule has 1 nitrogen and oxygen atoms in total. The number of benzene rings is 2. The van der Waals surface area contributed by atoms with E-state index < -0.39 is 0 Å². The highest BCUT2D eigenvalue weighted by molar-refractivity contribution is 7.98. The monoisotopic (exact) mass is 291 g/mol. The number of anilines is 1. The molecule has 19 heavy (non-hydrogen) atoms. The second-order valence-corrected chi connectivity index (χ2v) is 5.64. The van der Waals surface area contributed by atoms with E-state index in [4.69, 9.17) is 11.6 Å². The smallest absolute Gasteiger partial charge is 0.0512 e. The first-order chi connectivity index (χ1) is 9.24. The van der Waals surface area contributed by atoms with Gasteiger partial charge in [-0.15, -0.1) is 11.8 Å². The SMILES string of the molecule is CCC(Nc1ccccc1SC)c1cccc(Cl)c1. The lowest BCUT2D eigenvalue weighted by atomic mass is 10.0. The summed E-state index contributed by atoms with van der Waals surface area (Å²) in [7, 11) is 0. The van der Waals surface area contributed by atoms with Gasteiger partial charge in [0.15, 0.2) is 0 Å². The number of hydrogen-bond donors (Lipinski definition) is 1. The van der Waals surface area contributed by atoms with Crippen LogP contribution in [0.3, 0.4) is 0 Å². The first-order valence-electron chi connectivity index (χ1n) is 6.39. The summed E-state index contributed by atoms with van der Waals surface area (Å²) in [5.41, 5.74) is 2.41. The van der Waals surface area contributed by atoms with E-state index in [9.17, 15) is 0 Å². The third-order valence-corrected chi connectivity index (χ3v) is 4.13. The molecule has 1 N–H and O–H groups in total. The molecule has 0 saturated carbocycles. The van der Waals surface area contributed by atoms with Crippen molar-refractivity contribution in [3.8, 4) is 0 Å². The molecule has 0 bridgehead atoms. The van der Waals surface area contributed by atoms with Crippen molar-refractivity contribution in [3.05, 3.63) is 59.1 Å². The first-order valence-corrected chi connectivity index (χ1v) is 8.00. The van der Waals surface area contributed by atoms with Crippen LogP contribution in [-0.4, -0.2) is 6.26 Å². The predicted molar refractivity (Wildman–Crippen MR) is 86.3 cm³/mol. The van der Waals surface area contributed by atoms with Gasteiger partial charge in [-0.1, -0.05) is 42.8 Å². The van der Waals surface area contributed by atoms with Crippen LogP contribution in [0.1, 0.15) is 24.9 Å². The Kier molecular flexibility index (Phi) is 5.17. The maximum Gasteiger partial charge on any atom is 0.0512 e. The zero-order valence-electron chi connectivity index (χ0n) is 11.2. The summed E-state index contributed by atoms with van der Waals surface area (Å²) >= 11 is 7.83. The van der Waals surface area contributed by atoms with Crippen LogP contribution >= 0.6 is 23.4 Å². The molecule has 0 radical (unpaired) electrons. The summed E-state index contributed by atoms with van der Waals surface area (Å²) < 4.78 is 0. The maximum absolute atomic E-state index is 6.08. The van der Waals surface area contributed by atoms with Crippen molar-refractivity contribution in [1.82, 2.24) is 0 Å². The second kappa shape index (κ2) is 6.88. The first kappa shape index (κ1) is 14.3. The normalized spacial score (nSPS) is 12.2. The van der Waals surface area contributed by atoms with E-state index in [0.717, 1.165) is 11.4 Å². The van der Waals surface area contributed by atoms with Gasteiger partial charge >= 0.3 is 0 Å². The topological polar surface area (TPSA) is 12.0 Å². The fraction of sp³-hybridized carbons (Fsp3) is 0.250. The van der Waals surface area contributed by atoms with Gasteiger partial charge in [0, 0.05) is 15.6 Å². The van der Waals surface area contributed by atoms with Gasteiger partial charge in [0.1, 0.15) is 0 Å². The van der Waals surface area contributed by atoms with E-state index in [1.54, 1.807) is 11.8 Å². The highest BCUT2D eigenvalue weighted by atomic mass is 35.5. The number of nitrogens with one attached hydrogen (secondary N) is 1. The van der Waals surface area contributed by atoms with Crippen LogP contribution in [-0.2, 0) is 0 Å². The van der Waals surface area contributed by atoms with Crippen LogP contribution < -0.4 is 5.32 Å². The third-order valence-electron chi connectivity index (χ3n) is 3.10. The van der Waals surface area contributed by atoms with E-state index in [0.29, 0.717) is 0 Å². The van der Waals surface area contributed by atoms with E-state index in [1.807, 2.05) is 18.2 Å². The van der Waals surface area contributed by atoms with Crippen molar-refractivity contribution >= 4 is 29.1 Å². The lowest BCUT2D eigenvalue weighted by Crippen LogP contribution is -2.10. The Bertz CT molecular complexity index is 542. The van der Waals surface area contributed by atoms with Crippen molar-refractivity contribution in [2.75, 3.05) is 11.6 Å². The van der Waals surface area contributed by atoms with E-state index in [2.05, 4.69) is 48.8 Å². The highest BCUT2D eigenvalue weighted by Gasteiger charge is 2.11. The van der Waals surface area contributed by atoms with Crippen LogP contribution in [0.2, 0.25) is 5.02 Å². The Hall–Kier alpha value is -1.12. The van der Waals surface area contributed by atoms with Crippen LogP contribution in [0, 0.1) is 0 Å². The molecule has 2 aromatic carbocycles. The van der Waals surface area contributed by atoms with Crippen LogP contribution in [0.4, 0.5) is 5.69 Å². The van der Waals surface area contributed by atoms with Crippen molar-refractivity contribution in [2.24, 2.45) is 0 Å². The zero-order valence-corrected chi connectivity index (χ0v) is 12.8. The molecule has 2 rings (SSSR count). The molecule has 100 valence electrons. The Balaban J connectivity index is 2.24. The molecule has 0 aliphatic heterocycles. The molecule has 0 aliphatic carbocycles. The standard InChI is InChI=1S/C16H18ClNS/c1-3-14(12-7-6-8-13(17)11-12)18-15-9-4-5-10-16(15)19-2/h4-11,14,18H,3H2,1-2H3. The fourth-order valence-corrected chi connectivity index (χ4v) is 2.86. The highest BCUT2D eigenvalue weighted by Crippen LogP contribution is 2.30. The summed E-state index contributed by atoms with van der Waals surface area (Å²) in [6.07, 6.45) is 3.11. The predicted octanol–water partition coefficient (Wildman–Crippen LogP) is 5.63. The lowest BCUT2D eigenvalue weighted by molar-refractivity contribution is 0.747. The average Bonchev–Trinajstić information content (AvgIpc) is 2.45. The van der Waals surface area contributed by atoms with Crippen molar-refractivity contribution in [2.45, 2.75) is 24.3 Å². The number of thioether (sulfide) groups is 1. The number of rotatable bonds is 5. The summed E-state index contributed by atoms with van der Waals surface area (Å²) in [4.78, 5) is 1.27. The van der Waals surface area contributed by atoms with E-state index in [1.165, 1.54) is 16.1 Å². The summed E-state index contributed by atoms with van der Waals surface area (Å²) in [5.74, 6) is 0. The molecule has 0 saturated heterocycles. The molecule has 0 amide bonds. The number of para-hydroxylation sites is 1. The number of hydrogen-bond acceptors (Lipinski definition) is 2. The fourth-order valence-electron chi connectivity index (χ4n) is 2.10. The Morgan fingerprint density at radius 1 is 1.16 bits per heavy atom. The van der Waals surface area contributed by atoms with Gasteiger partial charge in [0.25, 0.3) is 0 Å². The Labute approximate surface area is 124 Å². The molecule has 0 spiro atoms. The van der Waals surface area contributed by atoms with E-state index >= 15 is 0 Å². The van der Waals surface area contributed by atoms with Crippen LogP contribution in [0.25, 0.3) is 0 Å². The summed E-state index contributed by atoms with van der Waals surface area (Å²) in [6.45, 7) is 2.18. The molecule has 0 aliphatic rings. The maximum atomic E-state index is 6.08. The van der Waals surface area contributed by atoms with Crippen LogP contribution in [0.5, 0.6) is 0 Å². The van der Waals surface area contributed by atoms with Gasteiger partial charge in [0.05, 0.1) is 6.04 Å². The average molecular weight is 292 g/mol. The van der Waals surface area contributed by atoms with E-state index in [-0.39, 0.29) is 6.04 Å². The molecule has 3 heteroatoms. The molecular formula is C16H18ClNS. The van der Waals surface area contributed by atoms with Gasteiger partial charge < -0.3 is 5.32 Å². The summed E-state index contributed by atoms with van der Waals surface area (Å²) in [6, 6.07) is 16.7. The molecule has 1 unspecified atom stereocenters. The van der Waals surface area contributed by atoms with Gasteiger partial charge in [0.2, 0.25) is 0 Å². The number of halogens is 1. The minimum atomic E-state index is 0.284. The van der Waals surface area contributed by atoms with Gasteiger partial charge in [-0.3, -0.25) is 0 Å². The molecule has 0 aromatic heterocycles. The Morgan fingerprint density at radius 2 is 1.95 bits per heavy atom. The van der Waals surface area contributed by atoms with Gasteiger partial charge in [-0.25, -0.2) is 0 Å². The van der Waals surface area contributed by atoms with Crippen molar-refractivity contribution in [1.29, 1.82) is 0 Å². The van der Waals surface area contributed by atoms with Gasteiger partial charge in [-0.05, 0) is 42.5 Å². The largest absolute Gasteiger partial charge is 0.377 e. The second-order valence-electron chi connectivity index (χ2n) is 4.36. The quantitative estimate of drug-likeness (QED) is 0.717. The van der Waals surface area contributed by atoms with Crippen molar-refractivity contribution in [3.63, 3.8) is 0 Å². The lowest BCUT2D eigenvalue weighted by Gasteiger charge is -2.20. The molecule has 1 atom stereocenters. The molecule has 2 aromatic rings. The molecule has 0 heterocycles. The molecule has 0 fully saturated rings. The zero-order chi connectivity index (χ0) is 13.7. The minimum absolute atomic E-state index is 0.284. The minimum Gasteiger partial charge on any atom is -0.377 e. The van der Waals surface area contributed by atoms with Gasteiger partial charge in [-0.2, -0.15) is 0 Å². The van der Waals surface area contributed by atoms with Crippen molar-refractivity contribution < 1.29 is 0 Å².